The first-order valence-electron chi connectivity index (χ1n) is 10.6. The number of fused-ring (bicyclic) bond motifs is 3. The van der Waals surface area contributed by atoms with E-state index in [1.165, 1.54) is 0 Å². The molecule has 0 saturated carbocycles. The van der Waals surface area contributed by atoms with Gasteiger partial charge in [0.25, 0.3) is 0 Å². The average molecular weight is 442 g/mol. The van der Waals surface area contributed by atoms with Crippen LogP contribution >= 0.6 is 11.3 Å². The van der Waals surface area contributed by atoms with Crippen molar-refractivity contribution in [2.24, 2.45) is 0 Å². The number of ether oxygens (including phenoxy) is 1. The Morgan fingerprint density at radius 2 is 2.16 bits per heavy atom. The number of carbonyl (C=O) groups excluding carboxylic acids is 1. The number of nitrogens with one attached hydrogen (secondary N) is 3. The van der Waals surface area contributed by atoms with Crippen molar-refractivity contribution in [3.05, 3.63) is 23.2 Å². The van der Waals surface area contributed by atoms with Crippen molar-refractivity contribution in [3.63, 3.8) is 0 Å². The Morgan fingerprint density at radius 1 is 1.32 bits per heavy atom. The zero-order valence-corrected chi connectivity index (χ0v) is 18.9. The topological polar surface area (TPSA) is 108 Å². The van der Waals surface area contributed by atoms with Crippen LogP contribution in [0.5, 0.6) is 0 Å². The van der Waals surface area contributed by atoms with Gasteiger partial charge >= 0.3 is 6.09 Å². The molecule has 2 unspecified atom stereocenters. The van der Waals surface area contributed by atoms with Gasteiger partial charge in [-0.05, 0) is 58.4 Å². The molecule has 3 atom stereocenters. The molecule has 2 saturated heterocycles. The molecule has 2 aliphatic heterocycles. The van der Waals surface area contributed by atoms with Gasteiger partial charge in [-0.3, -0.25) is 5.10 Å². The van der Waals surface area contributed by atoms with Gasteiger partial charge in [0, 0.05) is 12.1 Å². The van der Waals surface area contributed by atoms with Crippen molar-refractivity contribution in [2.75, 3.05) is 10.6 Å². The molecule has 1 amide bonds. The van der Waals surface area contributed by atoms with Gasteiger partial charge in [-0.1, -0.05) is 0 Å². The number of amides is 1. The molecule has 164 valence electrons. The summed E-state index contributed by atoms with van der Waals surface area (Å²) in [4.78, 5) is 24.1. The summed E-state index contributed by atoms with van der Waals surface area (Å²) >= 11 is 1.59. The highest BCUT2D eigenvalue weighted by molar-refractivity contribution is 7.17. The molecule has 2 aliphatic rings. The molecular weight excluding hydrogens is 414 g/mol. The lowest BCUT2D eigenvalue weighted by molar-refractivity contribution is 0.0214. The smallest absolute Gasteiger partial charge is 0.410 e. The van der Waals surface area contributed by atoms with Crippen molar-refractivity contribution >= 4 is 45.2 Å². The summed E-state index contributed by atoms with van der Waals surface area (Å²) in [5.74, 6) is 2.08. The summed E-state index contributed by atoms with van der Waals surface area (Å²) in [5, 5.41) is 16.0. The number of carbonyl (C=O) groups is 1. The zero-order chi connectivity index (χ0) is 21.8. The largest absolute Gasteiger partial charge is 0.444 e. The average Bonchev–Trinajstić information content (AvgIpc) is 3.44. The number of H-pyrrole nitrogens is 1. The van der Waals surface area contributed by atoms with Crippen LogP contribution in [0.1, 0.15) is 45.7 Å². The minimum absolute atomic E-state index is 0.0910. The Bertz CT molecular complexity index is 1120. The molecule has 3 N–H and O–H groups in total. The molecule has 10 heteroatoms. The van der Waals surface area contributed by atoms with Gasteiger partial charge in [-0.2, -0.15) is 10.1 Å². The van der Waals surface area contributed by atoms with Gasteiger partial charge in [0.15, 0.2) is 5.82 Å². The second kappa shape index (κ2) is 7.37. The van der Waals surface area contributed by atoms with E-state index in [1.807, 2.05) is 50.1 Å². The molecule has 5 heterocycles. The van der Waals surface area contributed by atoms with E-state index in [0.717, 1.165) is 46.8 Å². The third-order valence-electron chi connectivity index (χ3n) is 5.72. The number of aromatic amines is 1. The Kier molecular flexibility index (Phi) is 4.76. The van der Waals surface area contributed by atoms with Crippen molar-refractivity contribution in [1.29, 1.82) is 0 Å². The predicted molar refractivity (Wildman–Crippen MR) is 121 cm³/mol. The van der Waals surface area contributed by atoms with E-state index < -0.39 is 5.60 Å². The number of aryl methyl sites for hydroxylation is 1. The number of hydrogen-bond donors (Lipinski definition) is 3. The minimum Gasteiger partial charge on any atom is -0.444 e. The molecule has 3 aromatic rings. The van der Waals surface area contributed by atoms with Gasteiger partial charge in [0.2, 0.25) is 5.95 Å². The number of anilines is 3. The van der Waals surface area contributed by atoms with E-state index in [0.29, 0.717) is 5.95 Å². The van der Waals surface area contributed by atoms with Crippen molar-refractivity contribution in [2.45, 2.75) is 70.7 Å². The number of aromatic nitrogens is 4. The molecule has 3 aromatic heterocycles. The number of hydrogen-bond acceptors (Lipinski definition) is 8. The molecular formula is C21H27N7O2S. The molecule has 31 heavy (non-hydrogen) atoms. The van der Waals surface area contributed by atoms with Crippen LogP contribution in [0, 0.1) is 6.92 Å². The first-order chi connectivity index (χ1) is 14.8. The predicted octanol–water partition coefficient (Wildman–Crippen LogP) is 4.42. The molecule has 0 radical (unpaired) electrons. The maximum atomic E-state index is 12.7. The Hall–Kier alpha value is -2.88. The molecule has 0 aromatic carbocycles. The van der Waals surface area contributed by atoms with Crippen LogP contribution in [0.4, 0.5) is 22.4 Å². The van der Waals surface area contributed by atoms with Gasteiger partial charge in [-0.25, -0.2) is 9.78 Å². The van der Waals surface area contributed by atoms with Crippen LogP contribution in [-0.4, -0.2) is 54.9 Å². The highest BCUT2D eigenvalue weighted by Gasteiger charge is 2.50. The lowest BCUT2D eigenvalue weighted by atomic mass is 9.96. The minimum atomic E-state index is -0.499. The maximum absolute atomic E-state index is 12.7. The molecule has 2 fully saturated rings. The second-order valence-corrected chi connectivity index (χ2v) is 10.2. The van der Waals surface area contributed by atoms with E-state index in [2.05, 4.69) is 20.8 Å². The zero-order valence-electron chi connectivity index (χ0n) is 18.1. The Labute approximate surface area is 184 Å². The summed E-state index contributed by atoms with van der Waals surface area (Å²) in [6.07, 6.45) is 2.62. The summed E-state index contributed by atoms with van der Waals surface area (Å²) < 4.78 is 6.63. The monoisotopic (exact) mass is 441 g/mol. The van der Waals surface area contributed by atoms with Crippen molar-refractivity contribution < 1.29 is 9.53 Å². The fourth-order valence-electron chi connectivity index (χ4n) is 4.54. The van der Waals surface area contributed by atoms with Crippen LogP contribution in [0.25, 0.3) is 10.2 Å². The van der Waals surface area contributed by atoms with Crippen molar-refractivity contribution in [1.82, 2.24) is 25.1 Å². The third kappa shape index (κ3) is 3.91. The number of thiophene rings is 1. The second-order valence-electron chi connectivity index (χ2n) is 9.25. The van der Waals surface area contributed by atoms with Gasteiger partial charge in [0.1, 0.15) is 11.4 Å². The number of nitrogens with zero attached hydrogens (tertiary/aromatic N) is 4. The van der Waals surface area contributed by atoms with Crippen LogP contribution in [-0.2, 0) is 4.74 Å². The molecule has 2 bridgehead atoms. The summed E-state index contributed by atoms with van der Waals surface area (Å²) in [6.45, 7) is 7.63. The standard InChI is InChI=1S/C21H27N7O2S/c1-11-9-16(27-26-11)24-18-17-13(7-8-31-17)22-19(25-18)23-14-10-12-5-6-15(14)28(12)20(29)30-21(2,3)4/h7-9,12,14-15H,5-6,10H2,1-4H3,(H3,22,23,24,25,26,27)/t12?,14?,15-/m1/s1. The molecule has 0 aliphatic carbocycles. The van der Waals surface area contributed by atoms with Gasteiger partial charge < -0.3 is 20.3 Å². The van der Waals surface area contributed by atoms with E-state index in [4.69, 9.17) is 14.7 Å². The quantitative estimate of drug-likeness (QED) is 0.550. The van der Waals surface area contributed by atoms with Crippen LogP contribution < -0.4 is 10.6 Å². The van der Waals surface area contributed by atoms with Crippen LogP contribution in [0.15, 0.2) is 17.5 Å². The maximum Gasteiger partial charge on any atom is 0.410 e. The molecule has 9 nitrogen and oxygen atoms in total. The highest BCUT2D eigenvalue weighted by atomic mass is 32.1. The Balaban J connectivity index is 1.37. The fraction of sp³-hybridized carbons (Fsp3) is 0.524. The van der Waals surface area contributed by atoms with E-state index in [9.17, 15) is 4.79 Å². The highest BCUT2D eigenvalue weighted by Crippen LogP contribution is 2.40. The third-order valence-corrected chi connectivity index (χ3v) is 6.63. The van der Waals surface area contributed by atoms with E-state index >= 15 is 0 Å². The van der Waals surface area contributed by atoms with Gasteiger partial charge in [0.05, 0.1) is 28.0 Å². The first kappa shape index (κ1) is 20.0. The van der Waals surface area contributed by atoms with Crippen molar-refractivity contribution in [3.8, 4) is 0 Å². The number of rotatable bonds is 4. The van der Waals surface area contributed by atoms with Crippen LogP contribution in [0.3, 0.4) is 0 Å². The molecule has 5 rings (SSSR count). The summed E-state index contributed by atoms with van der Waals surface area (Å²) in [7, 11) is 0. The van der Waals surface area contributed by atoms with E-state index in [1.54, 1.807) is 11.3 Å². The SMILES string of the molecule is Cc1cc(Nc2nc(NC3CC4CC[C@H]3N4C(=O)OC(C)(C)C)nc3ccsc23)[nH]n1. The lowest BCUT2D eigenvalue weighted by Crippen LogP contribution is -2.42. The summed E-state index contributed by atoms with van der Waals surface area (Å²) in [6, 6.07) is 4.32. The first-order valence-corrected chi connectivity index (χ1v) is 11.5. The lowest BCUT2D eigenvalue weighted by Gasteiger charge is -2.28. The Morgan fingerprint density at radius 3 is 2.90 bits per heavy atom. The normalized spacial score (nSPS) is 22.8. The molecule has 0 spiro atoms. The summed E-state index contributed by atoms with van der Waals surface area (Å²) in [5.41, 5.74) is 1.29. The van der Waals surface area contributed by atoms with Gasteiger partial charge in [-0.15, -0.1) is 11.3 Å². The van der Waals surface area contributed by atoms with E-state index in [-0.39, 0.29) is 24.2 Å². The van der Waals surface area contributed by atoms with Crippen LogP contribution in [0.2, 0.25) is 0 Å². The fourth-order valence-corrected chi connectivity index (χ4v) is 5.31.